The Bertz CT molecular complexity index is 1120. The van der Waals surface area contributed by atoms with Gasteiger partial charge in [0.2, 0.25) is 0 Å². The lowest BCUT2D eigenvalue weighted by molar-refractivity contribution is 0.169. The molecule has 2 heterocycles. The fraction of sp³-hybridized carbons (Fsp3) is 0.250. The summed E-state index contributed by atoms with van der Waals surface area (Å²) in [6.45, 7) is 4.20. The van der Waals surface area contributed by atoms with Gasteiger partial charge in [-0.25, -0.2) is 4.39 Å². The summed E-state index contributed by atoms with van der Waals surface area (Å²) in [5.74, 6) is -0.179. The van der Waals surface area contributed by atoms with Gasteiger partial charge in [0.15, 0.2) is 0 Å². The molecule has 0 aliphatic carbocycles. The average molecular weight is 358 g/mol. The van der Waals surface area contributed by atoms with Crippen LogP contribution in [0.1, 0.15) is 36.2 Å². The largest absolute Gasteiger partial charge is 0.357 e. The zero-order chi connectivity index (χ0) is 18.4. The average Bonchev–Trinajstić information content (AvgIpc) is 3.05. The van der Waals surface area contributed by atoms with Crippen molar-refractivity contribution < 1.29 is 4.39 Å². The van der Waals surface area contributed by atoms with E-state index >= 15 is 0 Å². The number of benzene rings is 3. The summed E-state index contributed by atoms with van der Waals surface area (Å²) in [5.41, 5.74) is 4.93. The van der Waals surface area contributed by atoms with Crippen molar-refractivity contribution in [1.82, 2.24) is 9.88 Å². The van der Waals surface area contributed by atoms with E-state index in [4.69, 9.17) is 0 Å². The molecule has 4 aromatic rings. The van der Waals surface area contributed by atoms with Crippen LogP contribution in [-0.4, -0.2) is 16.4 Å². The second-order valence-electron chi connectivity index (χ2n) is 7.49. The van der Waals surface area contributed by atoms with Crippen molar-refractivity contribution in [3.05, 3.63) is 83.3 Å². The number of rotatable bonds is 3. The first-order valence-electron chi connectivity index (χ1n) is 9.75. The lowest BCUT2D eigenvalue weighted by atomic mass is 9.94. The van der Waals surface area contributed by atoms with Crippen LogP contribution in [-0.2, 0) is 13.0 Å². The molecule has 0 amide bonds. The Hall–Kier alpha value is -2.65. The number of H-pyrrole nitrogens is 1. The van der Waals surface area contributed by atoms with Gasteiger partial charge in [0.25, 0.3) is 0 Å². The zero-order valence-electron chi connectivity index (χ0n) is 15.5. The van der Waals surface area contributed by atoms with Crippen molar-refractivity contribution in [2.75, 3.05) is 6.54 Å². The molecular weight excluding hydrogens is 335 g/mol. The molecule has 5 rings (SSSR count). The van der Waals surface area contributed by atoms with Gasteiger partial charge in [0, 0.05) is 29.7 Å². The molecular formula is C24H23FN2. The number of halogens is 1. The Kier molecular flexibility index (Phi) is 3.98. The summed E-state index contributed by atoms with van der Waals surface area (Å²) in [7, 11) is 0. The summed E-state index contributed by atoms with van der Waals surface area (Å²) >= 11 is 0. The van der Waals surface area contributed by atoms with E-state index in [1.165, 1.54) is 33.0 Å². The Morgan fingerprint density at radius 3 is 2.78 bits per heavy atom. The molecule has 27 heavy (non-hydrogen) atoms. The topological polar surface area (TPSA) is 19.0 Å². The fourth-order valence-electron chi connectivity index (χ4n) is 4.70. The third-order valence-corrected chi connectivity index (χ3v) is 5.96. The van der Waals surface area contributed by atoms with Crippen LogP contribution in [0.15, 0.2) is 60.7 Å². The van der Waals surface area contributed by atoms with Crippen molar-refractivity contribution in [2.45, 2.75) is 32.4 Å². The van der Waals surface area contributed by atoms with E-state index in [9.17, 15) is 4.39 Å². The molecule has 136 valence electrons. The van der Waals surface area contributed by atoms with Crippen LogP contribution in [0.2, 0.25) is 0 Å². The summed E-state index contributed by atoms with van der Waals surface area (Å²) in [6, 6.07) is 20.6. The van der Waals surface area contributed by atoms with Gasteiger partial charge in [0.05, 0.1) is 6.04 Å². The van der Waals surface area contributed by atoms with Crippen LogP contribution in [0.4, 0.5) is 4.39 Å². The van der Waals surface area contributed by atoms with Crippen LogP contribution in [0, 0.1) is 5.82 Å². The third kappa shape index (κ3) is 2.74. The van der Waals surface area contributed by atoms with Gasteiger partial charge >= 0.3 is 0 Å². The van der Waals surface area contributed by atoms with Crippen molar-refractivity contribution in [3.8, 4) is 0 Å². The van der Waals surface area contributed by atoms with Gasteiger partial charge in [-0.2, -0.15) is 0 Å². The summed E-state index contributed by atoms with van der Waals surface area (Å²) in [4.78, 5) is 6.09. The molecule has 0 bridgehead atoms. The first kappa shape index (κ1) is 16.5. The third-order valence-electron chi connectivity index (χ3n) is 5.96. The maximum Gasteiger partial charge on any atom is 0.125 e. The van der Waals surface area contributed by atoms with Crippen LogP contribution < -0.4 is 0 Å². The van der Waals surface area contributed by atoms with Crippen LogP contribution in [0.3, 0.4) is 0 Å². The van der Waals surface area contributed by atoms with Gasteiger partial charge in [-0.05, 0) is 52.9 Å². The highest BCUT2D eigenvalue weighted by Crippen LogP contribution is 2.37. The predicted molar refractivity (Wildman–Crippen MR) is 109 cm³/mol. The molecule has 0 saturated carbocycles. The lowest BCUT2D eigenvalue weighted by Gasteiger charge is -2.35. The molecule has 1 aliphatic heterocycles. The highest BCUT2D eigenvalue weighted by Gasteiger charge is 2.29. The minimum absolute atomic E-state index is 0.179. The van der Waals surface area contributed by atoms with Crippen LogP contribution >= 0.6 is 0 Å². The maximum atomic E-state index is 13.7. The number of hydrogen-bond donors (Lipinski definition) is 1. The second kappa shape index (κ2) is 6.50. The molecule has 0 spiro atoms. The molecule has 1 aliphatic rings. The van der Waals surface area contributed by atoms with E-state index in [1.807, 2.05) is 6.07 Å². The lowest BCUT2D eigenvalue weighted by Crippen LogP contribution is -2.34. The Labute approximate surface area is 158 Å². The smallest absolute Gasteiger partial charge is 0.125 e. The molecule has 1 atom stereocenters. The number of aromatic nitrogens is 1. The van der Waals surface area contributed by atoms with E-state index in [0.29, 0.717) is 6.04 Å². The monoisotopic (exact) mass is 358 g/mol. The van der Waals surface area contributed by atoms with E-state index in [2.05, 4.69) is 59.3 Å². The maximum absolute atomic E-state index is 13.7. The minimum atomic E-state index is -0.179. The first-order valence-corrected chi connectivity index (χ1v) is 9.75. The van der Waals surface area contributed by atoms with E-state index in [-0.39, 0.29) is 5.82 Å². The van der Waals surface area contributed by atoms with Crippen molar-refractivity contribution >= 4 is 21.7 Å². The van der Waals surface area contributed by atoms with Gasteiger partial charge in [-0.15, -0.1) is 0 Å². The molecule has 2 nitrogen and oxygen atoms in total. The Morgan fingerprint density at radius 1 is 1.04 bits per heavy atom. The minimum Gasteiger partial charge on any atom is -0.357 e. The molecule has 3 heteroatoms. The highest BCUT2D eigenvalue weighted by molar-refractivity contribution is 5.86. The Balaban J connectivity index is 1.54. The standard InChI is InChI=1S/C24H23FN2/c1-2-23-24-21(20-11-10-18(25)14-22(20)26-24)12-13-27(23)15-17-8-5-7-16-6-3-4-9-19(16)17/h3-11,14,23,26H,2,12-13,15H2,1H3/t23-/m1/s1. The van der Waals surface area contributed by atoms with Crippen molar-refractivity contribution in [3.63, 3.8) is 0 Å². The summed E-state index contributed by atoms with van der Waals surface area (Å²) in [6.07, 6.45) is 2.04. The quantitative estimate of drug-likeness (QED) is 0.478. The normalized spacial score (nSPS) is 17.5. The van der Waals surface area contributed by atoms with E-state index < -0.39 is 0 Å². The van der Waals surface area contributed by atoms with Gasteiger partial charge < -0.3 is 4.98 Å². The number of fused-ring (bicyclic) bond motifs is 4. The van der Waals surface area contributed by atoms with Gasteiger partial charge in [-0.3, -0.25) is 4.90 Å². The predicted octanol–water partition coefficient (Wildman–Crippen LogP) is 5.97. The van der Waals surface area contributed by atoms with Gasteiger partial charge in [-0.1, -0.05) is 49.4 Å². The number of nitrogens with zero attached hydrogens (tertiary/aromatic N) is 1. The molecule has 0 saturated heterocycles. The van der Waals surface area contributed by atoms with E-state index in [1.54, 1.807) is 12.1 Å². The second-order valence-corrected chi connectivity index (χ2v) is 7.49. The molecule has 0 unspecified atom stereocenters. The molecule has 3 aromatic carbocycles. The molecule has 0 fully saturated rings. The number of nitrogens with one attached hydrogen (secondary N) is 1. The van der Waals surface area contributed by atoms with Crippen LogP contribution in [0.25, 0.3) is 21.7 Å². The summed E-state index contributed by atoms with van der Waals surface area (Å²) in [5, 5.41) is 3.80. The zero-order valence-corrected chi connectivity index (χ0v) is 15.5. The fourth-order valence-corrected chi connectivity index (χ4v) is 4.70. The highest BCUT2D eigenvalue weighted by atomic mass is 19.1. The first-order chi connectivity index (χ1) is 13.2. The molecule has 0 radical (unpaired) electrons. The van der Waals surface area contributed by atoms with Crippen molar-refractivity contribution in [1.29, 1.82) is 0 Å². The molecule has 1 aromatic heterocycles. The van der Waals surface area contributed by atoms with E-state index in [0.717, 1.165) is 31.4 Å². The SMILES string of the molecule is CC[C@@H]1c2[nH]c3cc(F)ccc3c2CCN1Cc1cccc2ccccc12. The Morgan fingerprint density at radius 2 is 1.89 bits per heavy atom. The van der Waals surface area contributed by atoms with Gasteiger partial charge in [0.1, 0.15) is 5.82 Å². The molecule has 1 N–H and O–H groups in total. The number of hydrogen-bond acceptors (Lipinski definition) is 1. The van der Waals surface area contributed by atoms with Crippen LogP contribution in [0.5, 0.6) is 0 Å². The summed E-state index contributed by atoms with van der Waals surface area (Å²) < 4.78 is 13.7. The van der Waals surface area contributed by atoms with Crippen molar-refractivity contribution in [2.24, 2.45) is 0 Å². The number of aromatic amines is 1.